The van der Waals surface area contributed by atoms with Crippen LogP contribution in [0.15, 0.2) is 48.5 Å². The minimum atomic E-state index is -0.498. The van der Waals surface area contributed by atoms with Gasteiger partial charge < -0.3 is 35.0 Å². The van der Waals surface area contributed by atoms with Crippen LogP contribution in [0, 0.1) is 5.92 Å². The molecule has 0 spiro atoms. The Morgan fingerprint density at radius 2 is 1.82 bits per heavy atom. The highest BCUT2D eigenvalue weighted by Gasteiger charge is 2.31. The Morgan fingerprint density at radius 1 is 1.09 bits per heavy atom. The van der Waals surface area contributed by atoms with Gasteiger partial charge in [0.05, 0.1) is 36.8 Å². The smallest absolute Gasteiger partial charge is 0.317 e. The summed E-state index contributed by atoms with van der Waals surface area (Å²) in [5.41, 5.74) is 1.68. The predicted octanol–water partition coefficient (Wildman–Crippen LogP) is 4.71. The van der Waals surface area contributed by atoms with Crippen LogP contribution >= 0.6 is 0 Å². The van der Waals surface area contributed by atoms with Crippen molar-refractivity contribution in [3.05, 3.63) is 59.7 Å². The Morgan fingerprint density at radius 3 is 2.50 bits per heavy atom. The first-order chi connectivity index (χ1) is 21.0. The van der Waals surface area contributed by atoms with E-state index in [1.54, 1.807) is 42.0 Å². The molecule has 2 aromatic carbocycles. The fourth-order valence-corrected chi connectivity index (χ4v) is 5.16. The number of amides is 4. The van der Waals surface area contributed by atoms with Gasteiger partial charge in [-0.15, -0.1) is 0 Å². The van der Waals surface area contributed by atoms with Crippen molar-refractivity contribution in [2.45, 2.75) is 84.6 Å². The monoisotopic (exact) mass is 610 g/mol. The molecule has 0 saturated carbocycles. The number of likely N-dealkylation sites (N-methyl/N-ethyl adjacent to an activating group) is 1. The van der Waals surface area contributed by atoms with Crippen LogP contribution in [0.2, 0.25) is 0 Å². The normalized spacial score (nSPS) is 20.6. The fourth-order valence-electron chi connectivity index (χ4n) is 5.16. The summed E-state index contributed by atoms with van der Waals surface area (Å²) < 4.78 is 12.6. The Bertz CT molecular complexity index is 1220. The van der Waals surface area contributed by atoms with Crippen molar-refractivity contribution in [1.82, 2.24) is 15.1 Å². The van der Waals surface area contributed by atoms with Gasteiger partial charge in [0.1, 0.15) is 5.75 Å². The van der Waals surface area contributed by atoms with Crippen molar-refractivity contribution in [3.8, 4) is 5.75 Å². The SMILES string of the molecule is CC(C)NC(=O)N(C)C[C@H]1OCCCC[C@H](C)Oc2ccc(NC(=O)Cc3ccccc3)cc2C(=O)N([C@H](C)CO)C[C@@H]1C. The summed E-state index contributed by atoms with van der Waals surface area (Å²) in [6.45, 7) is 10.5. The third-order valence-electron chi connectivity index (χ3n) is 7.76. The molecule has 0 aromatic heterocycles. The van der Waals surface area contributed by atoms with Crippen LogP contribution < -0.4 is 15.4 Å². The molecule has 4 amide bonds. The molecular formula is C34H50N4O6. The van der Waals surface area contributed by atoms with Crippen LogP contribution in [0.4, 0.5) is 10.5 Å². The molecule has 3 N–H and O–H groups in total. The molecular weight excluding hydrogens is 560 g/mol. The second kappa shape index (κ2) is 17.0. The molecule has 1 heterocycles. The maximum Gasteiger partial charge on any atom is 0.317 e. The van der Waals surface area contributed by atoms with Crippen molar-refractivity contribution >= 4 is 23.5 Å². The molecule has 242 valence electrons. The molecule has 0 fully saturated rings. The standard InChI is InChI=1S/C34H50N4O6/c1-23(2)35-34(42)37(6)21-31-24(3)20-38(25(4)22-39)33(41)29-19-28(36-32(40)18-27-13-8-7-9-14-27)15-16-30(29)44-26(5)12-10-11-17-43-31/h7-9,13-16,19,23-26,31,39H,10-12,17-18,20-22H2,1-6H3,(H,35,42)(H,36,40)/t24-,25+,26-,31+/m0/s1. The van der Waals surface area contributed by atoms with E-state index in [1.165, 1.54) is 0 Å². The average molecular weight is 611 g/mol. The third-order valence-corrected chi connectivity index (χ3v) is 7.76. The summed E-state index contributed by atoms with van der Waals surface area (Å²) in [7, 11) is 1.74. The van der Waals surface area contributed by atoms with E-state index in [9.17, 15) is 19.5 Å². The van der Waals surface area contributed by atoms with Crippen LogP contribution in [0.1, 0.15) is 69.8 Å². The number of hydrogen-bond donors (Lipinski definition) is 3. The van der Waals surface area contributed by atoms with Gasteiger partial charge in [0.25, 0.3) is 5.91 Å². The molecule has 3 rings (SSSR count). The van der Waals surface area contributed by atoms with Crippen molar-refractivity contribution in [2.24, 2.45) is 5.92 Å². The quantitative estimate of drug-likeness (QED) is 0.398. The van der Waals surface area contributed by atoms with E-state index in [2.05, 4.69) is 10.6 Å². The molecule has 0 radical (unpaired) electrons. The Kier molecular flexibility index (Phi) is 13.5. The zero-order valence-corrected chi connectivity index (χ0v) is 27.0. The van der Waals surface area contributed by atoms with Gasteiger partial charge in [-0.25, -0.2) is 4.79 Å². The van der Waals surface area contributed by atoms with Crippen molar-refractivity contribution in [1.29, 1.82) is 0 Å². The number of ether oxygens (including phenoxy) is 2. The van der Waals surface area contributed by atoms with Crippen molar-refractivity contribution in [3.63, 3.8) is 0 Å². The maximum atomic E-state index is 14.3. The number of hydrogen-bond acceptors (Lipinski definition) is 6. The number of fused-ring (bicyclic) bond motifs is 1. The first kappa shape index (κ1) is 34.9. The molecule has 0 aliphatic carbocycles. The molecule has 2 aromatic rings. The highest BCUT2D eigenvalue weighted by molar-refractivity contribution is 6.00. The zero-order chi connectivity index (χ0) is 32.2. The number of carbonyl (C=O) groups excluding carboxylic acids is 3. The summed E-state index contributed by atoms with van der Waals surface area (Å²) in [5.74, 6) is -0.247. The Labute approximate surface area is 262 Å². The number of rotatable bonds is 8. The topological polar surface area (TPSA) is 120 Å². The van der Waals surface area contributed by atoms with E-state index in [-0.39, 0.29) is 61.6 Å². The molecule has 44 heavy (non-hydrogen) atoms. The molecule has 0 saturated heterocycles. The number of carbonyl (C=O) groups is 3. The first-order valence-electron chi connectivity index (χ1n) is 15.7. The van der Waals surface area contributed by atoms with Crippen molar-refractivity contribution in [2.75, 3.05) is 38.7 Å². The van der Waals surface area contributed by atoms with E-state index in [1.807, 2.05) is 58.0 Å². The molecule has 10 heteroatoms. The maximum absolute atomic E-state index is 14.3. The van der Waals surface area contributed by atoms with Gasteiger partial charge in [0.15, 0.2) is 0 Å². The Hall–Kier alpha value is -3.63. The van der Waals surface area contributed by atoms with Gasteiger partial charge in [-0.1, -0.05) is 37.3 Å². The molecule has 0 bridgehead atoms. The number of urea groups is 1. The number of nitrogens with one attached hydrogen (secondary N) is 2. The largest absolute Gasteiger partial charge is 0.490 e. The number of anilines is 1. The summed E-state index contributed by atoms with van der Waals surface area (Å²) in [6, 6.07) is 13.9. The van der Waals surface area contributed by atoms with Crippen LogP contribution in [-0.4, -0.2) is 90.4 Å². The summed E-state index contributed by atoms with van der Waals surface area (Å²) in [4.78, 5) is 43.0. The van der Waals surface area contributed by atoms with E-state index in [0.29, 0.717) is 30.2 Å². The number of benzene rings is 2. The van der Waals surface area contributed by atoms with Crippen LogP contribution in [-0.2, 0) is 16.0 Å². The lowest BCUT2D eigenvalue weighted by Crippen LogP contribution is -2.49. The van der Waals surface area contributed by atoms with Gasteiger partial charge in [-0.3, -0.25) is 9.59 Å². The highest BCUT2D eigenvalue weighted by Crippen LogP contribution is 2.28. The van der Waals surface area contributed by atoms with Gasteiger partial charge in [-0.05, 0) is 70.7 Å². The van der Waals surface area contributed by atoms with Crippen LogP contribution in [0.3, 0.4) is 0 Å². The summed E-state index contributed by atoms with van der Waals surface area (Å²) >= 11 is 0. The molecule has 4 atom stereocenters. The second-order valence-electron chi connectivity index (χ2n) is 12.2. The first-order valence-corrected chi connectivity index (χ1v) is 15.7. The second-order valence-corrected chi connectivity index (χ2v) is 12.2. The highest BCUT2D eigenvalue weighted by atomic mass is 16.5. The summed E-state index contributed by atoms with van der Waals surface area (Å²) in [6.07, 6.45) is 2.17. The molecule has 1 aliphatic heterocycles. The predicted molar refractivity (Wildman–Crippen MR) is 172 cm³/mol. The number of nitrogens with zero attached hydrogens (tertiary/aromatic N) is 2. The van der Waals surface area contributed by atoms with E-state index < -0.39 is 6.04 Å². The lowest BCUT2D eigenvalue weighted by molar-refractivity contribution is -0.115. The third kappa shape index (κ3) is 10.5. The van der Waals surface area contributed by atoms with E-state index in [0.717, 1.165) is 24.8 Å². The minimum Gasteiger partial charge on any atom is -0.490 e. The van der Waals surface area contributed by atoms with Crippen LogP contribution in [0.5, 0.6) is 5.75 Å². The van der Waals surface area contributed by atoms with Gasteiger partial charge >= 0.3 is 6.03 Å². The van der Waals surface area contributed by atoms with E-state index in [4.69, 9.17) is 9.47 Å². The molecule has 10 nitrogen and oxygen atoms in total. The lowest BCUT2D eigenvalue weighted by atomic mass is 10.0. The van der Waals surface area contributed by atoms with E-state index >= 15 is 0 Å². The number of aliphatic hydroxyl groups excluding tert-OH is 1. The van der Waals surface area contributed by atoms with Gasteiger partial charge in [0.2, 0.25) is 5.91 Å². The fraction of sp³-hybridized carbons (Fsp3) is 0.559. The molecule has 1 aliphatic rings. The Balaban J connectivity index is 1.91. The number of aliphatic hydroxyl groups is 1. The van der Waals surface area contributed by atoms with Crippen LogP contribution in [0.25, 0.3) is 0 Å². The summed E-state index contributed by atoms with van der Waals surface area (Å²) in [5, 5.41) is 16.0. The molecule has 0 unspecified atom stereocenters. The van der Waals surface area contributed by atoms with Gasteiger partial charge in [0, 0.05) is 44.4 Å². The zero-order valence-electron chi connectivity index (χ0n) is 27.0. The average Bonchev–Trinajstić information content (AvgIpc) is 2.98. The minimum absolute atomic E-state index is 0.00286. The van der Waals surface area contributed by atoms with Gasteiger partial charge in [-0.2, -0.15) is 0 Å². The van der Waals surface area contributed by atoms with Crippen molar-refractivity contribution < 1.29 is 29.0 Å². The lowest BCUT2D eigenvalue weighted by Gasteiger charge is -2.36.